The second-order valence-corrected chi connectivity index (χ2v) is 16.4. The number of fused-ring (bicyclic) bond motifs is 2. The summed E-state index contributed by atoms with van der Waals surface area (Å²) in [4.78, 5) is 61.8. The first kappa shape index (κ1) is 37.2. The lowest BCUT2D eigenvalue weighted by Gasteiger charge is -2.39. The Kier molecular flexibility index (Phi) is 10.1. The number of carbonyl (C=O) groups is 3. The van der Waals surface area contributed by atoms with Gasteiger partial charge in [-0.05, 0) is 73.9 Å². The molecule has 0 radical (unpaired) electrons. The molecule has 0 bridgehead atoms. The molecule has 0 aliphatic carbocycles. The van der Waals surface area contributed by atoms with E-state index in [2.05, 4.69) is 60.4 Å². The molecule has 4 aromatic rings. The Morgan fingerprint density at radius 2 is 1.70 bits per heavy atom. The third kappa shape index (κ3) is 7.12. The number of aromatic amines is 1. The second-order valence-electron chi connectivity index (χ2n) is 16.0. The second kappa shape index (κ2) is 15.5. The van der Waals surface area contributed by atoms with Gasteiger partial charge in [-0.15, -0.1) is 0 Å². The Labute approximate surface area is 336 Å². The molecule has 15 heteroatoms. The molecule has 0 spiro atoms. The first-order valence-electron chi connectivity index (χ1n) is 20.1. The van der Waals surface area contributed by atoms with Crippen molar-refractivity contribution < 1.29 is 19.1 Å². The number of imide groups is 1. The van der Waals surface area contributed by atoms with Gasteiger partial charge < -0.3 is 29.3 Å². The van der Waals surface area contributed by atoms with Gasteiger partial charge in [0.25, 0.3) is 5.91 Å². The third-order valence-corrected chi connectivity index (χ3v) is 13.1. The summed E-state index contributed by atoms with van der Waals surface area (Å²) in [6, 6.07) is 12.0. The van der Waals surface area contributed by atoms with Crippen molar-refractivity contribution in [3.8, 4) is 11.9 Å². The summed E-state index contributed by atoms with van der Waals surface area (Å²) in [6.07, 6.45) is 8.68. The number of nitriles is 1. The van der Waals surface area contributed by atoms with Crippen LogP contribution in [0.2, 0.25) is 5.02 Å². The number of rotatable bonds is 8. The molecule has 14 nitrogen and oxygen atoms in total. The lowest BCUT2D eigenvalue weighted by molar-refractivity contribution is -0.136. The van der Waals surface area contributed by atoms with Crippen molar-refractivity contribution in [2.75, 3.05) is 80.7 Å². The van der Waals surface area contributed by atoms with Crippen molar-refractivity contribution in [2.45, 2.75) is 57.0 Å². The number of methoxy groups -OCH3 is 1. The number of halogens is 1. The Morgan fingerprint density at radius 1 is 0.930 bits per heavy atom. The normalized spacial score (nSPS) is 21.3. The number of aromatic nitrogens is 3. The van der Waals surface area contributed by atoms with Gasteiger partial charge in [0.05, 0.1) is 40.8 Å². The van der Waals surface area contributed by atoms with Gasteiger partial charge in [-0.1, -0.05) is 11.6 Å². The SMILES string of the molecule is COc1nc(N2CCN(CC3CCN(c4ccc(C5CCN(c6ccc(Cl)c7c(C#N)c[nH]c67)CC5)nc4)CC3)CC2)cc2c1C(=O)N(C1CCC(=O)NC1=O)C2. The molecule has 296 valence electrons. The van der Waals surface area contributed by atoms with E-state index in [0.717, 1.165) is 118 Å². The minimum absolute atomic E-state index is 0.215. The van der Waals surface area contributed by atoms with Crippen molar-refractivity contribution in [1.82, 2.24) is 30.1 Å². The topological polar surface area (TPSA) is 154 Å². The summed E-state index contributed by atoms with van der Waals surface area (Å²) in [7, 11) is 1.52. The fraction of sp³-hybridized carbons (Fsp3) is 0.476. The van der Waals surface area contributed by atoms with E-state index >= 15 is 0 Å². The standard InChI is InChI=1S/C42H47ClN10O4/c1-57-41-38-28(25-53(42(38)56)34-6-7-36(54)48-40(34)55)20-35(47-41)52-18-16-49(17-19-52)24-26-8-12-50(13-9-26)30-2-4-32(45-23-30)27-10-14-51(15-11-27)33-5-3-31(43)37-29(21-44)22-46-39(33)37/h2-5,20,22-23,26-27,34,46H,6-19,24-25H2,1H3,(H,48,54,55). The lowest BCUT2D eigenvalue weighted by Crippen LogP contribution is -2.52. The molecule has 1 unspecified atom stereocenters. The molecule has 57 heavy (non-hydrogen) atoms. The van der Waals surface area contributed by atoms with Crippen LogP contribution in [-0.2, 0) is 16.1 Å². The number of H-pyrrole nitrogens is 1. The maximum Gasteiger partial charge on any atom is 0.260 e. The van der Waals surface area contributed by atoms with Crippen LogP contribution in [0, 0.1) is 17.2 Å². The van der Waals surface area contributed by atoms with E-state index < -0.39 is 11.9 Å². The van der Waals surface area contributed by atoms with Crippen LogP contribution in [0.4, 0.5) is 17.2 Å². The van der Waals surface area contributed by atoms with Crippen LogP contribution in [-0.4, -0.2) is 115 Å². The van der Waals surface area contributed by atoms with Crippen LogP contribution in [0.25, 0.3) is 10.9 Å². The number of piperazine rings is 1. The van der Waals surface area contributed by atoms with Gasteiger partial charge in [-0.25, -0.2) is 0 Å². The smallest absolute Gasteiger partial charge is 0.260 e. The number of amides is 3. The van der Waals surface area contributed by atoms with E-state index in [1.54, 1.807) is 11.1 Å². The van der Waals surface area contributed by atoms with Crippen molar-refractivity contribution in [2.24, 2.45) is 5.92 Å². The summed E-state index contributed by atoms with van der Waals surface area (Å²) < 4.78 is 5.60. The summed E-state index contributed by atoms with van der Waals surface area (Å²) in [5.41, 5.74) is 6.18. The molecule has 1 atom stereocenters. The van der Waals surface area contributed by atoms with Crippen molar-refractivity contribution in [3.63, 3.8) is 0 Å². The van der Waals surface area contributed by atoms with E-state index in [1.807, 2.05) is 12.1 Å². The van der Waals surface area contributed by atoms with Gasteiger partial charge in [0.15, 0.2) is 0 Å². The predicted octanol–water partition coefficient (Wildman–Crippen LogP) is 4.68. The van der Waals surface area contributed by atoms with Gasteiger partial charge in [0.2, 0.25) is 17.7 Å². The molecule has 3 amide bonds. The number of hydrogen-bond acceptors (Lipinski definition) is 11. The molecule has 1 aromatic carbocycles. The lowest BCUT2D eigenvalue weighted by atomic mass is 9.92. The first-order valence-corrected chi connectivity index (χ1v) is 20.5. The Morgan fingerprint density at radius 3 is 2.40 bits per heavy atom. The van der Waals surface area contributed by atoms with E-state index in [9.17, 15) is 19.6 Å². The summed E-state index contributed by atoms with van der Waals surface area (Å²) in [5, 5.41) is 13.3. The summed E-state index contributed by atoms with van der Waals surface area (Å²) >= 11 is 6.45. The van der Waals surface area contributed by atoms with E-state index in [-0.39, 0.29) is 24.1 Å². The molecule has 3 aromatic heterocycles. The zero-order valence-electron chi connectivity index (χ0n) is 32.2. The minimum Gasteiger partial charge on any atom is -0.480 e. The van der Waals surface area contributed by atoms with Gasteiger partial charge >= 0.3 is 0 Å². The molecular weight excluding hydrogens is 744 g/mol. The number of ether oxygens (including phenoxy) is 1. The quantitative estimate of drug-likeness (QED) is 0.240. The summed E-state index contributed by atoms with van der Waals surface area (Å²) in [6.45, 7) is 8.80. The predicted molar refractivity (Wildman–Crippen MR) is 217 cm³/mol. The Hall–Kier alpha value is -5.39. The van der Waals surface area contributed by atoms with Crippen LogP contribution in [0.1, 0.15) is 71.6 Å². The number of nitrogens with one attached hydrogen (secondary N) is 2. The number of carbonyl (C=O) groups excluding carboxylic acids is 3. The molecule has 0 saturated carbocycles. The zero-order valence-corrected chi connectivity index (χ0v) is 32.9. The van der Waals surface area contributed by atoms with E-state index in [4.69, 9.17) is 26.3 Å². The molecule has 8 heterocycles. The highest BCUT2D eigenvalue weighted by molar-refractivity contribution is 6.36. The van der Waals surface area contributed by atoms with Crippen LogP contribution in [0.3, 0.4) is 0 Å². The average molecular weight is 791 g/mol. The fourth-order valence-electron chi connectivity index (χ4n) is 9.54. The maximum absolute atomic E-state index is 13.4. The molecular formula is C42H47ClN10O4. The Bertz CT molecular complexity index is 2230. The van der Waals surface area contributed by atoms with Crippen molar-refractivity contribution in [1.29, 1.82) is 5.26 Å². The number of benzene rings is 1. The molecule has 9 rings (SSSR count). The van der Waals surface area contributed by atoms with Crippen molar-refractivity contribution in [3.05, 3.63) is 70.1 Å². The monoisotopic (exact) mass is 790 g/mol. The average Bonchev–Trinajstić information content (AvgIpc) is 3.83. The highest BCUT2D eigenvalue weighted by Gasteiger charge is 2.41. The van der Waals surface area contributed by atoms with Crippen LogP contribution >= 0.6 is 11.6 Å². The first-order chi connectivity index (χ1) is 27.8. The minimum atomic E-state index is -0.676. The van der Waals surface area contributed by atoms with Gasteiger partial charge in [-0.2, -0.15) is 10.2 Å². The number of hydrogen-bond donors (Lipinski definition) is 2. The molecule has 5 aliphatic heterocycles. The third-order valence-electron chi connectivity index (χ3n) is 12.7. The van der Waals surface area contributed by atoms with Gasteiger partial charge in [0.1, 0.15) is 23.5 Å². The fourth-order valence-corrected chi connectivity index (χ4v) is 9.79. The van der Waals surface area contributed by atoms with Crippen molar-refractivity contribution >= 4 is 57.4 Å². The highest BCUT2D eigenvalue weighted by Crippen LogP contribution is 2.38. The number of anilines is 3. The summed E-state index contributed by atoms with van der Waals surface area (Å²) in [5.74, 6) is 1.13. The Balaban J connectivity index is 0.740. The molecule has 4 fully saturated rings. The van der Waals surface area contributed by atoms with E-state index in [0.29, 0.717) is 41.0 Å². The highest BCUT2D eigenvalue weighted by atomic mass is 35.5. The maximum atomic E-state index is 13.4. The number of piperidine rings is 3. The largest absolute Gasteiger partial charge is 0.480 e. The number of nitrogens with zero attached hydrogens (tertiary/aromatic N) is 8. The number of pyridine rings is 2. The molecule has 5 aliphatic rings. The molecule has 4 saturated heterocycles. The van der Waals surface area contributed by atoms with Gasteiger partial charge in [-0.3, -0.25) is 29.6 Å². The van der Waals surface area contributed by atoms with Crippen LogP contribution < -0.4 is 24.8 Å². The van der Waals surface area contributed by atoms with Crippen LogP contribution in [0.15, 0.2) is 42.7 Å². The van der Waals surface area contributed by atoms with Gasteiger partial charge in [0, 0.05) is 95.1 Å². The zero-order chi connectivity index (χ0) is 39.2. The molecule has 2 N–H and O–H groups in total. The van der Waals surface area contributed by atoms with Crippen LogP contribution in [0.5, 0.6) is 5.88 Å². The van der Waals surface area contributed by atoms with E-state index in [1.165, 1.54) is 12.8 Å².